The fourth-order valence-electron chi connectivity index (χ4n) is 5.38. The van der Waals surface area contributed by atoms with Crippen LogP contribution in [0.2, 0.25) is 0 Å². The number of carbonyl (C=O) groups is 2. The Morgan fingerprint density at radius 2 is 1.67 bits per heavy atom. The van der Waals surface area contributed by atoms with Gasteiger partial charge in [-0.15, -0.1) is 0 Å². The summed E-state index contributed by atoms with van der Waals surface area (Å²) < 4.78 is 6.86. The number of anilines is 1. The Kier molecular flexibility index (Phi) is 7.23. The summed E-state index contributed by atoms with van der Waals surface area (Å²) >= 11 is 0. The van der Waals surface area contributed by atoms with Gasteiger partial charge >= 0.3 is 5.97 Å². The molecule has 36 heavy (non-hydrogen) atoms. The van der Waals surface area contributed by atoms with Crippen molar-refractivity contribution in [3.05, 3.63) is 53.7 Å². The highest BCUT2D eigenvalue weighted by Crippen LogP contribution is 2.32. The summed E-state index contributed by atoms with van der Waals surface area (Å²) in [5, 5.41) is 6.91. The fourth-order valence-corrected chi connectivity index (χ4v) is 5.38. The maximum absolute atomic E-state index is 13.0. The summed E-state index contributed by atoms with van der Waals surface area (Å²) in [7, 11) is 1.38. The summed E-state index contributed by atoms with van der Waals surface area (Å²) in [6.07, 6.45) is 11.6. The second kappa shape index (κ2) is 10.7. The molecule has 5 rings (SSSR count). The van der Waals surface area contributed by atoms with Crippen LogP contribution in [0.4, 0.5) is 5.82 Å². The summed E-state index contributed by atoms with van der Waals surface area (Å²) in [6.45, 7) is 0. The molecule has 1 amide bonds. The molecule has 2 fully saturated rings. The monoisotopic (exact) mass is 489 g/mol. The number of nitrogens with zero attached hydrogens (tertiary/aromatic N) is 2. The van der Waals surface area contributed by atoms with Gasteiger partial charge in [0.25, 0.3) is 5.91 Å². The Balaban J connectivity index is 1.45. The van der Waals surface area contributed by atoms with E-state index in [1.54, 1.807) is 12.1 Å². The normalized spacial score (nSPS) is 20.7. The van der Waals surface area contributed by atoms with Crippen LogP contribution in [0.25, 0.3) is 16.9 Å². The zero-order chi connectivity index (χ0) is 25.1. The highest BCUT2D eigenvalue weighted by molar-refractivity contribution is 5.95. The van der Waals surface area contributed by atoms with Crippen molar-refractivity contribution in [1.29, 1.82) is 0 Å². The van der Waals surface area contributed by atoms with Crippen LogP contribution in [-0.2, 0) is 4.74 Å². The molecule has 3 aromatic rings. The Bertz CT molecular complexity index is 1220. The standard InChI is InChI=1S/C28H35N5O3/c1-36-28(35)19-9-7-18(8-10-19)25-26(30-22-5-3-2-4-6-22)33-16-15-20(17-24(33)32-25)27(34)31-23-13-11-21(29)12-14-23/h7-10,15-17,21-23,30H,2-6,11-14,29H2,1H3,(H,31,34). The van der Waals surface area contributed by atoms with Gasteiger partial charge in [-0.3, -0.25) is 9.20 Å². The van der Waals surface area contributed by atoms with Gasteiger partial charge in [0, 0.05) is 35.4 Å². The molecule has 8 nitrogen and oxygen atoms in total. The summed E-state index contributed by atoms with van der Waals surface area (Å²) in [5.41, 5.74) is 9.51. The molecule has 0 unspecified atom stereocenters. The van der Waals surface area contributed by atoms with Crippen molar-refractivity contribution >= 4 is 23.3 Å². The molecule has 0 atom stereocenters. The van der Waals surface area contributed by atoms with Crippen LogP contribution in [0.3, 0.4) is 0 Å². The molecule has 1 aromatic carbocycles. The van der Waals surface area contributed by atoms with Gasteiger partial charge in [-0.05, 0) is 62.8 Å². The van der Waals surface area contributed by atoms with Gasteiger partial charge < -0.3 is 21.1 Å². The predicted octanol–water partition coefficient (Wildman–Crippen LogP) is 4.53. The first kappa shape index (κ1) is 24.3. The summed E-state index contributed by atoms with van der Waals surface area (Å²) in [5.74, 6) is 0.468. The number of carbonyl (C=O) groups excluding carboxylic acids is 2. The molecule has 8 heteroatoms. The SMILES string of the molecule is COC(=O)c1ccc(-c2nc3cc(C(=O)NC4CCC(N)CC4)ccn3c2NC2CCCCC2)cc1. The lowest BCUT2D eigenvalue weighted by atomic mass is 9.91. The molecule has 2 aliphatic carbocycles. The Hall–Kier alpha value is -3.39. The Morgan fingerprint density at radius 1 is 0.944 bits per heavy atom. The molecule has 2 heterocycles. The van der Waals surface area contributed by atoms with Gasteiger partial charge in [-0.2, -0.15) is 0 Å². The smallest absolute Gasteiger partial charge is 0.337 e. The summed E-state index contributed by atoms with van der Waals surface area (Å²) in [6, 6.07) is 11.8. The third-order valence-corrected chi connectivity index (χ3v) is 7.52. The molecule has 2 aromatic heterocycles. The van der Waals surface area contributed by atoms with E-state index in [2.05, 4.69) is 10.6 Å². The van der Waals surface area contributed by atoms with Crippen LogP contribution in [0.5, 0.6) is 0 Å². The number of fused-ring (bicyclic) bond motifs is 1. The van der Waals surface area contributed by atoms with Gasteiger partial charge in [0.05, 0.1) is 12.7 Å². The number of amides is 1. The second-order valence-electron chi connectivity index (χ2n) is 10.1. The minimum Gasteiger partial charge on any atom is -0.465 e. The first-order chi connectivity index (χ1) is 17.5. The largest absolute Gasteiger partial charge is 0.465 e. The Morgan fingerprint density at radius 3 is 2.36 bits per heavy atom. The van der Waals surface area contributed by atoms with Crippen LogP contribution < -0.4 is 16.4 Å². The zero-order valence-corrected chi connectivity index (χ0v) is 20.8. The number of nitrogens with one attached hydrogen (secondary N) is 2. The number of benzene rings is 1. The van der Waals surface area contributed by atoms with Crippen LogP contribution >= 0.6 is 0 Å². The lowest BCUT2D eigenvalue weighted by molar-refractivity contribution is 0.0600. The van der Waals surface area contributed by atoms with E-state index in [0.717, 1.165) is 55.6 Å². The van der Waals surface area contributed by atoms with E-state index in [9.17, 15) is 9.59 Å². The quantitative estimate of drug-likeness (QED) is 0.439. The highest BCUT2D eigenvalue weighted by Gasteiger charge is 2.23. The fraction of sp³-hybridized carbons (Fsp3) is 0.464. The van der Waals surface area contributed by atoms with Gasteiger partial charge in [0.15, 0.2) is 0 Å². The van der Waals surface area contributed by atoms with Crippen molar-refractivity contribution in [2.45, 2.75) is 75.9 Å². The molecule has 0 spiro atoms. The first-order valence-corrected chi connectivity index (χ1v) is 13.1. The molecule has 2 aliphatic rings. The number of aromatic nitrogens is 2. The molecule has 0 bridgehead atoms. The number of methoxy groups -OCH3 is 1. The van der Waals surface area contributed by atoms with Crippen LogP contribution in [0.1, 0.15) is 78.5 Å². The molecule has 0 radical (unpaired) electrons. The van der Waals surface area contributed by atoms with Crippen LogP contribution in [0, 0.1) is 0 Å². The van der Waals surface area contributed by atoms with Crippen molar-refractivity contribution in [3.8, 4) is 11.3 Å². The topological polar surface area (TPSA) is 111 Å². The Labute approximate surface area is 211 Å². The van der Waals surface area contributed by atoms with E-state index >= 15 is 0 Å². The number of nitrogens with two attached hydrogens (primary N) is 1. The maximum atomic E-state index is 13.0. The van der Waals surface area contributed by atoms with Crippen molar-refractivity contribution in [2.75, 3.05) is 12.4 Å². The van der Waals surface area contributed by atoms with E-state index in [0.29, 0.717) is 22.8 Å². The van der Waals surface area contributed by atoms with Crippen LogP contribution in [-0.4, -0.2) is 46.5 Å². The maximum Gasteiger partial charge on any atom is 0.337 e. The van der Waals surface area contributed by atoms with Gasteiger partial charge in [0.2, 0.25) is 0 Å². The molecule has 0 saturated heterocycles. The van der Waals surface area contributed by atoms with E-state index < -0.39 is 0 Å². The van der Waals surface area contributed by atoms with Crippen molar-refractivity contribution in [2.24, 2.45) is 5.73 Å². The number of hydrogen-bond acceptors (Lipinski definition) is 6. The van der Waals surface area contributed by atoms with E-state index in [-0.39, 0.29) is 24.0 Å². The number of ether oxygens (including phenoxy) is 1. The van der Waals surface area contributed by atoms with Gasteiger partial charge in [0.1, 0.15) is 17.2 Å². The van der Waals surface area contributed by atoms with E-state index in [1.807, 2.05) is 34.9 Å². The van der Waals surface area contributed by atoms with Gasteiger partial charge in [-0.25, -0.2) is 9.78 Å². The third kappa shape index (κ3) is 5.23. The minimum atomic E-state index is -0.368. The molecule has 190 valence electrons. The number of esters is 1. The summed E-state index contributed by atoms with van der Waals surface area (Å²) in [4.78, 5) is 29.8. The van der Waals surface area contributed by atoms with E-state index in [4.69, 9.17) is 15.5 Å². The zero-order valence-electron chi connectivity index (χ0n) is 20.8. The van der Waals surface area contributed by atoms with Crippen LogP contribution in [0.15, 0.2) is 42.6 Å². The molecule has 0 aliphatic heterocycles. The number of hydrogen-bond donors (Lipinski definition) is 3. The first-order valence-electron chi connectivity index (χ1n) is 13.1. The molecular weight excluding hydrogens is 454 g/mol. The number of pyridine rings is 1. The average Bonchev–Trinajstić information content (AvgIpc) is 3.27. The van der Waals surface area contributed by atoms with E-state index in [1.165, 1.54) is 26.4 Å². The highest BCUT2D eigenvalue weighted by atomic mass is 16.5. The van der Waals surface area contributed by atoms with Gasteiger partial charge in [-0.1, -0.05) is 31.4 Å². The van der Waals surface area contributed by atoms with Crippen molar-refractivity contribution in [1.82, 2.24) is 14.7 Å². The predicted molar refractivity (Wildman–Crippen MR) is 140 cm³/mol. The molecule has 4 N–H and O–H groups in total. The minimum absolute atomic E-state index is 0.0771. The number of rotatable bonds is 6. The second-order valence-corrected chi connectivity index (χ2v) is 10.1. The van der Waals surface area contributed by atoms with Crippen molar-refractivity contribution in [3.63, 3.8) is 0 Å². The number of imidazole rings is 1. The lowest BCUT2D eigenvalue weighted by Crippen LogP contribution is -2.40. The third-order valence-electron chi connectivity index (χ3n) is 7.52. The van der Waals surface area contributed by atoms with Crippen molar-refractivity contribution < 1.29 is 14.3 Å². The molecule has 2 saturated carbocycles. The average molecular weight is 490 g/mol. The lowest BCUT2D eigenvalue weighted by Gasteiger charge is -2.26. The molecular formula is C28H35N5O3.